The first-order valence-corrected chi connectivity index (χ1v) is 5.65. The standard InChI is InChI=1S/C12H11FN4O3/c1-7-4-8(2-3-9(7)13)12(20)15-10-5-14-17(16-10)6-11(18)19/h2-5H,6H2,1H3,(H,18,19)(H,15,16,20). The molecule has 0 aliphatic heterocycles. The molecule has 1 aromatic heterocycles. The van der Waals surface area contributed by atoms with Crippen LogP contribution >= 0.6 is 0 Å². The number of nitrogens with zero attached hydrogens (tertiary/aromatic N) is 3. The minimum atomic E-state index is -1.09. The molecule has 20 heavy (non-hydrogen) atoms. The van der Waals surface area contributed by atoms with Gasteiger partial charge in [-0.1, -0.05) is 0 Å². The summed E-state index contributed by atoms with van der Waals surface area (Å²) in [5, 5.41) is 18.5. The quantitative estimate of drug-likeness (QED) is 0.871. The first-order chi connectivity index (χ1) is 9.45. The Bertz CT molecular complexity index is 668. The second kappa shape index (κ2) is 5.47. The number of carboxylic acid groups (broad SMARTS) is 1. The van der Waals surface area contributed by atoms with E-state index in [4.69, 9.17) is 5.11 Å². The minimum Gasteiger partial charge on any atom is -0.480 e. The summed E-state index contributed by atoms with van der Waals surface area (Å²) in [4.78, 5) is 23.3. The number of carbonyl (C=O) groups is 2. The molecule has 0 saturated carbocycles. The van der Waals surface area contributed by atoms with Crippen molar-refractivity contribution in [1.82, 2.24) is 15.0 Å². The zero-order valence-corrected chi connectivity index (χ0v) is 10.5. The van der Waals surface area contributed by atoms with Crippen LogP contribution in [0.25, 0.3) is 0 Å². The van der Waals surface area contributed by atoms with Crippen LogP contribution in [0.2, 0.25) is 0 Å². The molecule has 0 fully saturated rings. The van der Waals surface area contributed by atoms with Gasteiger partial charge in [-0.15, -0.1) is 5.10 Å². The molecule has 0 aliphatic carbocycles. The molecule has 0 atom stereocenters. The number of anilines is 1. The van der Waals surface area contributed by atoms with E-state index in [1.165, 1.54) is 24.4 Å². The van der Waals surface area contributed by atoms with E-state index in [0.717, 1.165) is 4.80 Å². The van der Waals surface area contributed by atoms with Gasteiger partial charge < -0.3 is 10.4 Å². The van der Waals surface area contributed by atoms with Gasteiger partial charge in [0.1, 0.15) is 5.82 Å². The number of nitrogens with one attached hydrogen (secondary N) is 1. The number of benzene rings is 1. The van der Waals surface area contributed by atoms with Crippen LogP contribution in [0, 0.1) is 12.7 Å². The Balaban J connectivity index is 2.09. The van der Waals surface area contributed by atoms with Gasteiger partial charge in [0.2, 0.25) is 0 Å². The molecule has 0 bridgehead atoms. The van der Waals surface area contributed by atoms with Gasteiger partial charge in [-0.2, -0.15) is 9.90 Å². The molecule has 0 saturated heterocycles. The van der Waals surface area contributed by atoms with E-state index in [2.05, 4.69) is 15.5 Å². The van der Waals surface area contributed by atoms with E-state index in [1.807, 2.05) is 0 Å². The lowest BCUT2D eigenvalue weighted by atomic mass is 10.1. The van der Waals surface area contributed by atoms with Crippen molar-refractivity contribution in [3.63, 3.8) is 0 Å². The highest BCUT2D eigenvalue weighted by molar-refractivity contribution is 6.03. The summed E-state index contributed by atoms with van der Waals surface area (Å²) in [6, 6.07) is 3.96. The van der Waals surface area contributed by atoms with Crippen molar-refractivity contribution in [2.24, 2.45) is 0 Å². The summed E-state index contributed by atoms with van der Waals surface area (Å²) in [6.45, 7) is 1.15. The van der Waals surface area contributed by atoms with Gasteiger partial charge in [-0.05, 0) is 30.7 Å². The van der Waals surface area contributed by atoms with E-state index in [0.29, 0.717) is 5.56 Å². The molecule has 1 amide bonds. The van der Waals surface area contributed by atoms with Crippen LogP contribution in [0.15, 0.2) is 24.4 Å². The molecule has 2 rings (SSSR count). The lowest BCUT2D eigenvalue weighted by Gasteiger charge is -2.03. The Labute approximate surface area is 113 Å². The maximum absolute atomic E-state index is 13.1. The predicted molar refractivity (Wildman–Crippen MR) is 66.7 cm³/mol. The first-order valence-electron chi connectivity index (χ1n) is 5.65. The zero-order valence-electron chi connectivity index (χ0n) is 10.5. The summed E-state index contributed by atoms with van der Waals surface area (Å²) in [5.74, 6) is -1.84. The van der Waals surface area contributed by atoms with E-state index in [9.17, 15) is 14.0 Å². The van der Waals surface area contributed by atoms with Gasteiger partial charge in [0.05, 0.1) is 6.20 Å². The number of carbonyl (C=O) groups excluding carboxylic acids is 1. The second-order valence-corrected chi connectivity index (χ2v) is 4.07. The zero-order chi connectivity index (χ0) is 14.7. The van der Waals surface area contributed by atoms with Crippen LogP contribution in [-0.4, -0.2) is 32.0 Å². The van der Waals surface area contributed by atoms with Gasteiger partial charge in [-0.25, -0.2) is 4.39 Å². The number of carboxylic acids is 1. The Morgan fingerprint density at radius 1 is 1.45 bits per heavy atom. The molecule has 104 valence electrons. The highest BCUT2D eigenvalue weighted by Gasteiger charge is 2.11. The van der Waals surface area contributed by atoms with E-state index >= 15 is 0 Å². The largest absolute Gasteiger partial charge is 0.480 e. The molecule has 0 spiro atoms. The van der Waals surface area contributed by atoms with Crippen LogP contribution in [0.5, 0.6) is 0 Å². The average Bonchev–Trinajstić information content (AvgIpc) is 2.79. The third-order valence-corrected chi connectivity index (χ3v) is 2.47. The number of aryl methyl sites for hydroxylation is 1. The van der Waals surface area contributed by atoms with Crippen LogP contribution in [0.3, 0.4) is 0 Å². The number of amides is 1. The number of aromatic nitrogens is 3. The smallest absolute Gasteiger partial charge is 0.327 e. The maximum atomic E-state index is 13.1. The lowest BCUT2D eigenvalue weighted by molar-refractivity contribution is -0.138. The third kappa shape index (κ3) is 3.16. The van der Waals surface area contributed by atoms with Crippen LogP contribution < -0.4 is 5.32 Å². The molecule has 0 unspecified atom stereocenters. The average molecular weight is 278 g/mol. The fourth-order valence-corrected chi connectivity index (χ4v) is 1.53. The fraction of sp³-hybridized carbons (Fsp3) is 0.167. The molecule has 0 radical (unpaired) electrons. The van der Waals surface area contributed by atoms with E-state index < -0.39 is 24.2 Å². The molecule has 1 heterocycles. The Morgan fingerprint density at radius 2 is 2.20 bits per heavy atom. The van der Waals surface area contributed by atoms with Crippen LogP contribution in [0.4, 0.5) is 10.2 Å². The Morgan fingerprint density at radius 3 is 2.85 bits per heavy atom. The van der Waals surface area contributed by atoms with Crippen molar-refractivity contribution in [3.8, 4) is 0 Å². The van der Waals surface area contributed by atoms with Crippen molar-refractivity contribution in [2.45, 2.75) is 13.5 Å². The highest BCUT2D eigenvalue weighted by Crippen LogP contribution is 2.11. The monoisotopic (exact) mass is 278 g/mol. The number of aliphatic carboxylic acids is 1. The number of hydrogen-bond donors (Lipinski definition) is 2. The van der Waals surface area contributed by atoms with Crippen molar-refractivity contribution < 1.29 is 19.1 Å². The van der Waals surface area contributed by atoms with Gasteiger partial charge in [0.25, 0.3) is 5.91 Å². The van der Waals surface area contributed by atoms with Gasteiger partial charge in [0, 0.05) is 5.56 Å². The molecule has 1 aromatic carbocycles. The number of rotatable bonds is 4. The van der Waals surface area contributed by atoms with Crippen molar-refractivity contribution >= 4 is 17.7 Å². The fourth-order valence-electron chi connectivity index (χ4n) is 1.53. The SMILES string of the molecule is Cc1cc(C(=O)Nc2cnn(CC(=O)O)n2)ccc1F. The minimum absolute atomic E-state index is 0.123. The van der Waals surface area contributed by atoms with Crippen molar-refractivity contribution in [3.05, 3.63) is 41.3 Å². The second-order valence-electron chi connectivity index (χ2n) is 4.07. The topological polar surface area (TPSA) is 97.1 Å². The molecule has 2 aromatic rings. The molecule has 2 N–H and O–H groups in total. The third-order valence-electron chi connectivity index (χ3n) is 2.47. The van der Waals surface area contributed by atoms with Gasteiger partial charge >= 0.3 is 5.97 Å². The summed E-state index contributed by atoms with van der Waals surface area (Å²) >= 11 is 0. The molecular weight excluding hydrogens is 267 g/mol. The lowest BCUT2D eigenvalue weighted by Crippen LogP contribution is -2.14. The molecular formula is C12H11FN4O3. The van der Waals surface area contributed by atoms with Crippen molar-refractivity contribution in [2.75, 3.05) is 5.32 Å². The number of hydrogen-bond acceptors (Lipinski definition) is 4. The summed E-state index contributed by atoms with van der Waals surface area (Å²) < 4.78 is 13.1. The first kappa shape index (κ1) is 13.7. The van der Waals surface area contributed by atoms with Gasteiger partial charge in [0.15, 0.2) is 12.4 Å². The Kier molecular flexibility index (Phi) is 3.74. The van der Waals surface area contributed by atoms with Gasteiger partial charge in [-0.3, -0.25) is 9.59 Å². The summed E-state index contributed by atoms with van der Waals surface area (Å²) in [5.41, 5.74) is 0.629. The highest BCUT2D eigenvalue weighted by atomic mass is 19.1. The number of halogens is 1. The van der Waals surface area contributed by atoms with Crippen LogP contribution in [0.1, 0.15) is 15.9 Å². The van der Waals surface area contributed by atoms with Crippen LogP contribution in [-0.2, 0) is 11.3 Å². The summed E-state index contributed by atoms with van der Waals surface area (Å²) in [7, 11) is 0. The molecule has 8 heteroatoms. The van der Waals surface area contributed by atoms with E-state index in [1.54, 1.807) is 6.92 Å². The maximum Gasteiger partial charge on any atom is 0.327 e. The molecule has 0 aliphatic rings. The van der Waals surface area contributed by atoms with Crippen molar-refractivity contribution in [1.29, 1.82) is 0 Å². The summed E-state index contributed by atoms with van der Waals surface area (Å²) in [6.07, 6.45) is 1.23. The van der Waals surface area contributed by atoms with E-state index in [-0.39, 0.29) is 11.4 Å². The molecule has 7 nitrogen and oxygen atoms in total. The predicted octanol–water partition coefficient (Wildman–Crippen LogP) is 1.06. The Hall–Kier alpha value is -2.77. The normalized spacial score (nSPS) is 10.3.